The molecule has 0 fully saturated rings. The van der Waals surface area contributed by atoms with Gasteiger partial charge in [-0.2, -0.15) is 0 Å². The lowest BCUT2D eigenvalue weighted by molar-refractivity contribution is 0.400. The van der Waals surface area contributed by atoms with Crippen molar-refractivity contribution in [3.8, 4) is 5.75 Å². The van der Waals surface area contributed by atoms with Gasteiger partial charge >= 0.3 is 0 Å². The maximum atomic E-state index is 5.44. The van der Waals surface area contributed by atoms with Crippen LogP contribution in [0.25, 0.3) is 0 Å². The molecule has 1 atom stereocenters. The maximum Gasteiger partial charge on any atom is 0.142 e. The van der Waals surface area contributed by atoms with Crippen molar-refractivity contribution in [3.63, 3.8) is 0 Å². The van der Waals surface area contributed by atoms with Crippen LogP contribution in [-0.2, 0) is 0 Å². The number of nitrogens with zero attached hydrogens (tertiary/aromatic N) is 1. The number of methoxy groups -OCH3 is 1. The zero-order valence-corrected chi connectivity index (χ0v) is 12.5. The van der Waals surface area contributed by atoms with E-state index in [0.717, 1.165) is 24.4 Å². The first-order chi connectivity index (χ1) is 9.26. The van der Waals surface area contributed by atoms with Crippen molar-refractivity contribution in [1.82, 2.24) is 10.3 Å². The molecule has 2 rings (SSSR count). The van der Waals surface area contributed by atoms with Crippen LogP contribution in [0.2, 0.25) is 0 Å². The van der Waals surface area contributed by atoms with E-state index in [2.05, 4.69) is 36.3 Å². The van der Waals surface area contributed by atoms with Gasteiger partial charge in [-0.1, -0.05) is 6.92 Å². The van der Waals surface area contributed by atoms with Crippen LogP contribution in [0.4, 0.5) is 0 Å². The number of nitrogens with one attached hydrogen (secondary N) is 1. The van der Waals surface area contributed by atoms with Crippen molar-refractivity contribution >= 4 is 11.3 Å². The first-order valence-electron chi connectivity index (χ1n) is 6.55. The van der Waals surface area contributed by atoms with E-state index in [9.17, 15) is 0 Å². The summed E-state index contributed by atoms with van der Waals surface area (Å²) in [7, 11) is 1.69. The lowest BCUT2D eigenvalue weighted by Gasteiger charge is -2.18. The molecule has 2 aromatic heterocycles. The third-order valence-electron chi connectivity index (χ3n) is 2.94. The Morgan fingerprint density at radius 3 is 2.84 bits per heavy atom. The largest absolute Gasteiger partial charge is 0.495 e. The molecule has 3 nitrogen and oxygen atoms in total. The van der Waals surface area contributed by atoms with Crippen LogP contribution in [0, 0.1) is 6.92 Å². The number of pyridine rings is 1. The number of hydrogen-bond donors (Lipinski definition) is 1. The maximum absolute atomic E-state index is 5.44. The van der Waals surface area contributed by atoms with Gasteiger partial charge in [0.1, 0.15) is 11.4 Å². The normalized spacial score (nSPS) is 12.4. The van der Waals surface area contributed by atoms with Gasteiger partial charge in [0.25, 0.3) is 0 Å². The molecule has 0 aliphatic rings. The molecule has 1 unspecified atom stereocenters. The minimum absolute atomic E-state index is 0.106. The SMILES string of the molecule is CCCNC(c1ccc(C)s1)c1ncccc1OC. The fourth-order valence-corrected chi connectivity index (χ4v) is 2.98. The third-order valence-corrected chi connectivity index (χ3v) is 4.00. The van der Waals surface area contributed by atoms with Crippen LogP contribution in [0.3, 0.4) is 0 Å². The molecule has 0 aromatic carbocycles. The van der Waals surface area contributed by atoms with E-state index in [1.807, 2.05) is 18.3 Å². The molecule has 1 N–H and O–H groups in total. The summed E-state index contributed by atoms with van der Waals surface area (Å²) in [5.74, 6) is 0.835. The Labute approximate surface area is 118 Å². The first kappa shape index (κ1) is 14.0. The molecular weight excluding hydrogens is 256 g/mol. The van der Waals surface area contributed by atoms with Gasteiger partial charge in [-0.15, -0.1) is 11.3 Å². The molecule has 0 aliphatic carbocycles. The van der Waals surface area contributed by atoms with Gasteiger partial charge in [-0.05, 0) is 44.2 Å². The highest BCUT2D eigenvalue weighted by atomic mass is 32.1. The molecule has 0 saturated heterocycles. The molecule has 0 aliphatic heterocycles. The second kappa shape index (κ2) is 6.68. The Morgan fingerprint density at radius 2 is 2.21 bits per heavy atom. The smallest absolute Gasteiger partial charge is 0.142 e. The summed E-state index contributed by atoms with van der Waals surface area (Å²) in [4.78, 5) is 7.10. The Bertz CT molecular complexity index is 524. The highest BCUT2D eigenvalue weighted by Crippen LogP contribution is 2.31. The van der Waals surface area contributed by atoms with Crippen LogP contribution >= 0.6 is 11.3 Å². The van der Waals surface area contributed by atoms with E-state index < -0.39 is 0 Å². The monoisotopic (exact) mass is 276 g/mol. The van der Waals surface area contributed by atoms with Gasteiger partial charge in [0.15, 0.2) is 0 Å². The van der Waals surface area contributed by atoms with Gasteiger partial charge in [-0.3, -0.25) is 4.98 Å². The Hall–Kier alpha value is -1.39. The summed E-state index contributed by atoms with van der Waals surface area (Å²) >= 11 is 1.80. The number of aryl methyl sites for hydroxylation is 1. The lowest BCUT2D eigenvalue weighted by atomic mass is 10.1. The Morgan fingerprint density at radius 1 is 1.37 bits per heavy atom. The fraction of sp³-hybridized carbons (Fsp3) is 0.400. The van der Waals surface area contributed by atoms with Crippen LogP contribution < -0.4 is 10.1 Å². The standard InChI is InChI=1S/C15H20N2OS/c1-4-9-16-15(13-8-7-11(2)19-13)14-12(18-3)6-5-10-17-14/h5-8,10,15-16H,4,9H2,1-3H3. The van der Waals surface area contributed by atoms with Crippen LogP contribution in [0.1, 0.15) is 34.8 Å². The first-order valence-corrected chi connectivity index (χ1v) is 7.36. The van der Waals surface area contributed by atoms with Gasteiger partial charge in [-0.25, -0.2) is 0 Å². The molecule has 19 heavy (non-hydrogen) atoms. The minimum Gasteiger partial charge on any atom is -0.495 e. The second-order valence-electron chi connectivity index (χ2n) is 4.43. The highest BCUT2D eigenvalue weighted by Gasteiger charge is 2.20. The van der Waals surface area contributed by atoms with Crippen molar-refractivity contribution in [2.24, 2.45) is 0 Å². The molecule has 2 heterocycles. The van der Waals surface area contributed by atoms with Crippen LogP contribution in [-0.4, -0.2) is 18.6 Å². The summed E-state index contributed by atoms with van der Waals surface area (Å²) in [6.45, 7) is 5.25. The summed E-state index contributed by atoms with van der Waals surface area (Å²) in [6.07, 6.45) is 2.91. The number of hydrogen-bond acceptors (Lipinski definition) is 4. The van der Waals surface area contributed by atoms with Crippen LogP contribution in [0.5, 0.6) is 5.75 Å². The zero-order chi connectivity index (χ0) is 13.7. The van der Waals surface area contributed by atoms with Gasteiger partial charge in [0.2, 0.25) is 0 Å². The van der Waals surface area contributed by atoms with Crippen molar-refractivity contribution in [1.29, 1.82) is 0 Å². The van der Waals surface area contributed by atoms with Crippen molar-refractivity contribution < 1.29 is 4.74 Å². The van der Waals surface area contributed by atoms with Crippen molar-refractivity contribution in [3.05, 3.63) is 45.9 Å². The molecule has 0 bridgehead atoms. The third kappa shape index (κ3) is 3.33. The van der Waals surface area contributed by atoms with E-state index in [-0.39, 0.29) is 6.04 Å². The molecule has 102 valence electrons. The number of aromatic nitrogens is 1. The summed E-state index contributed by atoms with van der Waals surface area (Å²) in [5.41, 5.74) is 0.959. The lowest BCUT2D eigenvalue weighted by Crippen LogP contribution is -2.23. The van der Waals surface area contributed by atoms with Gasteiger partial charge in [0.05, 0.1) is 13.2 Å². The van der Waals surface area contributed by atoms with Crippen molar-refractivity contribution in [2.75, 3.05) is 13.7 Å². The van der Waals surface area contributed by atoms with Crippen LogP contribution in [0.15, 0.2) is 30.5 Å². The average Bonchev–Trinajstić information content (AvgIpc) is 2.86. The summed E-state index contributed by atoms with van der Waals surface area (Å²) < 4.78 is 5.44. The van der Waals surface area contributed by atoms with E-state index in [0.29, 0.717) is 0 Å². The minimum atomic E-state index is 0.106. The van der Waals surface area contributed by atoms with E-state index in [4.69, 9.17) is 4.74 Å². The highest BCUT2D eigenvalue weighted by molar-refractivity contribution is 7.12. The predicted molar refractivity (Wildman–Crippen MR) is 80.0 cm³/mol. The van der Waals surface area contributed by atoms with E-state index in [1.165, 1.54) is 9.75 Å². The van der Waals surface area contributed by atoms with Crippen molar-refractivity contribution in [2.45, 2.75) is 26.3 Å². The molecule has 4 heteroatoms. The molecular formula is C15H20N2OS. The Kier molecular flexibility index (Phi) is 4.93. The number of ether oxygens (including phenoxy) is 1. The fourth-order valence-electron chi connectivity index (χ4n) is 2.02. The molecule has 2 aromatic rings. The number of thiophene rings is 1. The zero-order valence-electron chi connectivity index (χ0n) is 11.6. The molecule has 0 spiro atoms. The van der Waals surface area contributed by atoms with Gasteiger partial charge in [0, 0.05) is 16.0 Å². The second-order valence-corrected chi connectivity index (χ2v) is 5.75. The molecule has 0 radical (unpaired) electrons. The Balaban J connectivity index is 2.36. The van der Waals surface area contributed by atoms with Gasteiger partial charge < -0.3 is 10.1 Å². The molecule has 0 amide bonds. The molecule has 0 saturated carbocycles. The predicted octanol–water partition coefficient (Wildman–Crippen LogP) is 3.55. The quantitative estimate of drug-likeness (QED) is 0.876. The average molecular weight is 276 g/mol. The topological polar surface area (TPSA) is 34.2 Å². The van der Waals surface area contributed by atoms with E-state index in [1.54, 1.807) is 18.4 Å². The number of rotatable bonds is 6. The summed E-state index contributed by atoms with van der Waals surface area (Å²) in [6, 6.07) is 8.29. The van der Waals surface area contributed by atoms with E-state index >= 15 is 0 Å². The summed E-state index contributed by atoms with van der Waals surface area (Å²) in [5, 5.41) is 3.56.